The van der Waals surface area contributed by atoms with Crippen LogP contribution in [-0.2, 0) is 14.8 Å². The first-order chi connectivity index (χ1) is 14.3. The van der Waals surface area contributed by atoms with Crippen LogP contribution in [0.5, 0.6) is 5.75 Å². The fourth-order valence-electron chi connectivity index (χ4n) is 4.08. The Bertz CT molecular complexity index is 831. The number of benzene rings is 1. The largest absolute Gasteiger partial charge is 0.495 e. The Hall–Kier alpha value is -1.68. The van der Waals surface area contributed by atoms with Gasteiger partial charge < -0.3 is 14.8 Å². The molecule has 3 rings (SSSR count). The van der Waals surface area contributed by atoms with Gasteiger partial charge in [-0.15, -0.1) is 0 Å². The number of morpholine rings is 1. The van der Waals surface area contributed by atoms with Crippen molar-refractivity contribution in [2.75, 3.05) is 53.0 Å². The molecule has 0 spiro atoms. The van der Waals surface area contributed by atoms with Gasteiger partial charge in [0.2, 0.25) is 10.0 Å². The van der Waals surface area contributed by atoms with Gasteiger partial charge in [0.05, 0.1) is 20.3 Å². The van der Waals surface area contributed by atoms with Crippen LogP contribution in [-0.4, -0.2) is 82.6 Å². The molecule has 1 unspecified atom stereocenters. The third-order valence-electron chi connectivity index (χ3n) is 5.86. The number of hydrogen-bond donors (Lipinski definition) is 1. The molecule has 0 aliphatic carbocycles. The molecule has 1 N–H and O–H groups in total. The number of nitrogens with one attached hydrogen (secondary N) is 1. The van der Waals surface area contributed by atoms with Gasteiger partial charge in [0.25, 0.3) is 5.91 Å². The summed E-state index contributed by atoms with van der Waals surface area (Å²) in [5.41, 5.74) is 0.318. The summed E-state index contributed by atoms with van der Waals surface area (Å²) in [6.45, 7) is 8.87. The smallest absolute Gasteiger partial charge is 0.251 e. The highest BCUT2D eigenvalue weighted by Gasteiger charge is 2.31. The van der Waals surface area contributed by atoms with Crippen LogP contribution in [0, 0.1) is 5.92 Å². The fraction of sp³-hybridized carbons (Fsp3) is 0.667. The molecule has 2 aliphatic heterocycles. The van der Waals surface area contributed by atoms with E-state index in [1.54, 1.807) is 12.1 Å². The van der Waals surface area contributed by atoms with Gasteiger partial charge in [-0.05, 0) is 37.0 Å². The second kappa shape index (κ2) is 10.1. The lowest BCUT2D eigenvalue weighted by molar-refractivity contribution is 0.00672. The van der Waals surface area contributed by atoms with E-state index in [4.69, 9.17) is 9.47 Å². The van der Waals surface area contributed by atoms with Crippen molar-refractivity contribution in [2.45, 2.75) is 37.6 Å². The van der Waals surface area contributed by atoms with Gasteiger partial charge in [-0.1, -0.05) is 13.8 Å². The van der Waals surface area contributed by atoms with Crippen LogP contribution >= 0.6 is 0 Å². The highest BCUT2D eigenvalue weighted by Crippen LogP contribution is 2.29. The zero-order valence-electron chi connectivity index (χ0n) is 18.1. The molecule has 2 heterocycles. The predicted octanol–water partition coefficient (Wildman–Crippen LogP) is 1.57. The van der Waals surface area contributed by atoms with Crippen molar-refractivity contribution in [1.29, 1.82) is 0 Å². The molecule has 2 saturated heterocycles. The van der Waals surface area contributed by atoms with Gasteiger partial charge in [-0.2, -0.15) is 4.31 Å². The molecule has 2 aliphatic rings. The molecule has 9 heteroatoms. The summed E-state index contributed by atoms with van der Waals surface area (Å²) in [7, 11) is -2.25. The number of carbonyl (C=O) groups is 1. The SMILES string of the molecule is COc1ccc(C(=O)NCC(C(C)C)N2CCOCC2)cc1S(=O)(=O)N1CCCC1. The Morgan fingerprint density at radius 2 is 1.83 bits per heavy atom. The minimum Gasteiger partial charge on any atom is -0.495 e. The summed E-state index contributed by atoms with van der Waals surface area (Å²) >= 11 is 0. The van der Waals surface area contributed by atoms with Crippen LogP contribution in [0.4, 0.5) is 0 Å². The third kappa shape index (κ3) is 5.14. The van der Waals surface area contributed by atoms with Crippen molar-refractivity contribution in [3.8, 4) is 5.75 Å². The lowest BCUT2D eigenvalue weighted by Gasteiger charge is -2.36. The average Bonchev–Trinajstić information content (AvgIpc) is 3.29. The average molecular weight is 440 g/mol. The Kier molecular flexibility index (Phi) is 7.73. The third-order valence-corrected chi connectivity index (χ3v) is 7.78. The van der Waals surface area contributed by atoms with Crippen LogP contribution in [0.3, 0.4) is 0 Å². The predicted molar refractivity (Wildman–Crippen MR) is 114 cm³/mol. The van der Waals surface area contributed by atoms with Crippen molar-refractivity contribution < 1.29 is 22.7 Å². The van der Waals surface area contributed by atoms with E-state index in [-0.39, 0.29) is 22.6 Å². The number of rotatable bonds is 8. The summed E-state index contributed by atoms with van der Waals surface area (Å²) in [5, 5.41) is 2.99. The maximum atomic E-state index is 13.0. The van der Waals surface area contributed by atoms with E-state index in [1.165, 1.54) is 17.5 Å². The molecule has 2 fully saturated rings. The number of ether oxygens (including phenoxy) is 2. The fourth-order valence-corrected chi connectivity index (χ4v) is 5.78. The summed E-state index contributed by atoms with van der Waals surface area (Å²) in [6, 6.07) is 4.79. The second-order valence-corrected chi connectivity index (χ2v) is 10.1. The monoisotopic (exact) mass is 439 g/mol. The topological polar surface area (TPSA) is 88.2 Å². The van der Waals surface area contributed by atoms with Gasteiger partial charge in [0.1, 0.15) is 10.6 Å². The van der Waals surface area contributed by atoms with E-state index < -0.39 is 10.0 Å². The van der Waals surface area contributed by atoms with E-state index in [2.05, 4.69) is 24.1 Å². The Labute approximate surface area is 179 Å². The van der Waals surface area contributed by atoms with Gasteiger partial charge in [-0.3, -0.25) is 9.69 Å². The molecule has 8 nitrogen and oxygen atoms in total. The maximum Gasteiger partial charge on any atom is 0.251 e. The van der Waals surface area contributed by atoms with Gasteiger partial charge in [0.15, 0.2) is 0 Å². The normalized spacial score (nSPS) is 19.7. The summed E-state index contributed by atoms with van der Waals surface area (Å²) in [6.07, 6.45) is 1.69. The molecule has 0 aromatic heterocycles. The lowest BCUT2D eigenvalue weighted by Crippen LogP contribution is -2.51. The van der Waals surface area contributed by atoms with Crippen molar-refractivity contribution in [2.24, 2.45) is 5.92 Å². The second-order valence-electron chi connectivity index (χ2n) is 8.15. The Morgan fingerprint density at radius 3 is 2.43 bits per heavy atom. The van der Waals surface area contributed by atoms with Gasteiger partial charge >= 0.3 is 0 Å². The van der Waals surface area contributed by atoms with Crippen LogP contribution in [0.15, 0.2) is 23.1 Å². The molecule has 1 atom stereocenters. The molecule has 0 bridgehead atoms. The van der Waals surface area contributed by atoms with Crippen LogP contribution < -0.4 is 10.1 Å². The minimum absolute atomic E-state index is 0.0492. The zero-order chi connectivity index (χ0) is 21.7. The maximum absolute atomic E-state index is 13.0. The summed E-state index contributed by atoms with van der Waals surface area (Å²) < 4.78 is 38.3. The van der Waals surface area contributed by atoms with Crippen molar-refractivity contribution in [1.82, 2.24) is 14.5 Å². The first-order valence-corrected chi connectivity index (χ1v) is 12.1. The van der Waals surface area contributed by atoms with E-state index in [1.807, 2.05) is 0 Å². The number of carbonyl (C=O) groups excluding carboxylic acids is 1. The molecule has 0 radical (unpaired) electrons. The van der Waals surface area contributed by atoms with Crippen molar-refractivity contribution in [3.63, 3.8) is 0 Å². The number of nitrogens with zero attached hydrogens (tertiary/aromatic N) is 2. The van der Waals surface area contributed by atoms with Crippen molar-refractivity contribution >= 4 is 15.9 Å². The highest BCUT2D eigenvalue weighted by atomic mass is 32.2. The quantitative estimate of drug-likeness (QED) is 0.662. The standard InChI is InChI=1S/C21H33N3O5S/c1-16(2)18(23-10-12-29-13-11-23)15-22-21(25)17-6-7-19(28-3)20(14-17)30(26,27)24-8-4-5-9-24/h6-7,14,16,18H,4-5,8-13,15H2,1-3H3,(H,22,25). The van der Waals surface area contributed by atoms with Crippen LogP contribution in [0.2, 0.25) is 0 Å². The van der Waals surface area contributed by atoms with E-state index in [9.17, 15) is 13.2 Å². The van der Waals surface area contributed by atoms with E-state index >= 15 is 0 Å². The number of sulfonamides is 1. The first kappa shape index (κ1) is 23.0. The molecule has 1 aromatic carbocycles. The Morgan fingerprint density at radius 1 is 1.17 bits per heavy atom. The van der Waals surface area contributed by atoms with Crippen molar-refractivity contribution in [3.05, 3.63) is 23.8 Å². The number of amides is 1. The highest BCUT2D eigenvalue weighted by molar-refractivity contribution is 7.89. The molecular formula is C21H33N3O5S. The minimum atomic E-state index is -3.69. The van der Waals surface area contributed by atoms with Gasteiger partial charge in [0, 0.05) is 44.3 Å². The molecule has 30 heavy (non-hydrogen) atoms. The number of methoxy groups -OCH3 is 1. The number of hydrogen-bond acceptors (Lipinski definition) is 6. The molecular weight excluding hydrogens is 406 g/mol. The summed E-state index contributed by atoms with van der Waals surface area (Å²) in [4.78, 5) is 15.2. The molecule has 168 valence electrons. The van der Waals surface area contributed by atoms with E-state index in [0.717, 1.165) is 25.9 Å². The molecule has 1 amide bonds. The van der Waals surface area contributed by atoms with Crippen LogP contribution in [0.25, 0.3) is 0 Å². The van der Waals surface area contributed by atoms with E-state index in [0.29, 0.717) is 44.3 Å². The molecule has 0 saturated carbocycles. The lowest BCUT2D eigenvalue weighted by atomic mass is 10.0. The van der Waals surface area contributed by atoms with Gasteiger partial charge in [-0.25, -0.2) is 8.42 Å². The van der Waals surface area contributed by atoms with Crippen LogP contribution in [0.1, 0.15) is 37.0 Å². The zero-order valence-corrected chi connectivity index (χ0v) is 18.9. The summed E-state index contributed by atoms with van der Waals surface area (Å²) in [5.74, 6) is 0.339. The Balaban J connectivity index is 1.75. The first-order valence-electron chi connectivity index (χ1n) is 10.6. The molecule has 1 aromatic rings.